The van der Waals surface area contributed by atoms with Crippen molar-refractivity contribution in [3.63, 3.8) is 0 Å². The van der Waals surface area contributed by atoms with Gasteiger partial charge in [0.05, 0.1) is 4.88 Å². The molecule has 174 valence electrons. The highest BCUT2D eigenvalue weighted by Crippen LogP contribution is 2.26. The Hall–Kier alpha value is -0.630. The van der Waals surface area contributed by atoms with E-state index in [4.69, 9.17) is 0 Å². The van der Waals surface area contributed by atoms with Crippen LogP contribution in [0.3, 0.4) is 0 Å². The second-order valence-corrected chi connectivity index (χ2v) is 10.4. The Morgan fingerprint density at radius 2 is 1.10 bits per heavy atom. The van der Waals surface area contributed by atoms with E-state index >= 15 is 0 Å². The Morgan fingerprint density at radius 1 is 0.667 bits per heavy atom. The van der Waals surface area contributed by atoms with Crippen molar-refractivity contribution in [2.24, 2.45) is 0 Å². The average molecular weight is 435 g/mol. The van der Waals surface area contributed by atoms with Crippen molar-refractivity contribution in [3.8, 4) is 0 Å². The van der Waals surface area contributed by atoms with Gasteiger partial charge in [0, 0.05) is 11.3 Å². The number of hydrogen-bond acceptors (Lipinski definition) is 2. The van der Waals surface area contributed by atoms with Crippen molar-refractivity contribution in [1.82, 2.24) is 0 Å². The van der Waals surface area contributed by atoms with E-state index in [0.29, 0.717) is 5.78 Å². The van der Waals surface area contributed by atoms with E-state index in [0.717, 1.165) is 24.1 Å². The van der Waals surface area contributed by atoms with Gasteiger partial charge in [0.15, 0.2) is 5.78 Å². The van der Waals surface area contributed by atoms with Crippen LogP contribution in [-0.4, -0.2) is 5.78 Å². The zero-order valence-corrected chi connectivity index (χ0v) is 21.4. The van der Waals surface area contributed by atoms with Gasteiger partial charge in [0.1, 0.15) is 0 Å². The van der Waals surface area contributed by atoms with Crippen LogP contribution >= 0.6 is 11.3 Å². The van der Waals surface area contributed by atoms with Crippen molar-refractivity contribution < 1.29 is 4.79 Å². The van der Waals surface area contributed by atoms with Crippen LogP contribution in [0.2, 0.25) is 0 Å². The molecule has 1 nitrogen and oxygen atoms in total. The molecule has 0 aromatic carbocycles. The molecule has 2 heteroatoms. The van der Waals surface area contributed by atoms with Crippen molar-refractivity contribution in [2.45, 2.75) is 149 Å². The summed E-state index contributed by atoms with van der Waals surface area (Å²) in [5.41, 5.74) is 1.34. The molecule has 0 atom stereocenters. The first kappa shape index (κ1) is 27.4. The summed E-state index contributed by atoms with van der Waals surface area (Å²) >= 11 is 1.77. The van der Waals surface area contributed by atoms with Gasteiger partial charge in [-0.25, -0.2) is 0 Å². The van der Waals surface area contributed by atoms with E-state index in [1.807, 2.05) is 0 Å². The number of rotatable bonds is 21. The molecular weight excluding hydrogens is 384 g/mol. The van der Waals surface area contributed by atoms with Crippen molar-refractivity contribution in [2.75, 3.05) is 0 Å². The van der Waals surface area contributed by atoms with Crippen LogP contribution in [0, 0.1) is 6.92 Å². The van der Waals surface area contributed by atoms with Gasteiger partial charge in [0.2, 0.25) is 0 Å². The van der Waals surface area contributed by atoms with E-state index < -0.39 is 0 Å². The lowest BCUT2D eigenvalue weighted by molar-refractivity contribution is 0.0983. The first-order valence-corrected chi connectivity index (χ1v) is 14.1. The minimum absolute atomic E-state index is 0.377. The normalized spacial score (nSPS) is 11.3. The molecule has 0 aliphatic rings. The summed E-state index contributed by atoms with van der Waals surface area (Å²) in [4.78, 5) is 15.0. The van der Waals surface area contributed by atoms with Crippen LogP contribution in [0.4, 0.5) is 0 Å². The monoisotopic (exact) mass is 434 g/mol. The number of ketones is 1. The molecule has 0 aliphatic heterocycles. The highest BCUT2D eigenvalue weighted by molar-refractivity contribution is 7.14. The van der Waals surface area contributed by atoms with Gasteiger partial charge >= 0.3 is 0 Å². The fourth-order valence-electron chi connectivity index (χ4n) is 4.22. The summed E-state index contributed by atoms with van der Waals surface area (Å²) < 4.78 is 0. The minimum Gasteiger partial charge on any atom is -0.293 e. The fraction of sp³-hybridized carbons (Fsp3) is 0.821. The van der Waals surface area contributed by atoms with Crippen molar-refractivity contribution in [3.05, 3.63) is 21.4 Å². The number of aryl methyl sites for hydroxylation is 2. The number of hydrogen-bond donors (Lipinski definition) is 0. The lowest BCUT2D eigenvalue weighted by Gasteiger charge is -2.03. The summed E-state index contributed by atoms with van der Waals surface area (Å²) in [6.45, 7) is 6.73. The smallest absolute Gasteiger partial charge is 0.172 e. The number of carbonyl (C=O) groups excluding carboxylic acids is 1. The SMILES string of the molecule is CCCCCCCCCCCCCc1sc(C(=O)CCCCCCCCC)cc1C. The Bertz CT molecular complexity index is 531. The minimum atomic E-state index is 0.377. The van der Waals surface area contributed by atoms with Gasteiger partial charge in [-0.2, -0.15) is 0 Å². The van der Waals surface area contributed by atoms with Crippen LogP contribution in [0.25, 0.3) is 0 Å². The third-order valence-corrected chi connectivity index (χ3v) is 7.65. The second-order valence-electron chi connectivity index (χ2n) is 9.30. The lowest BCUT2D eigenvalue weighted by atomic mass is 10.0. The zero-order chi connectivity index (χ0) is 21.9. The molecule has 1 aromatic heterocycles. The van der Waals surface area contributed by atoms with Gasteiger partial charge in [-0.3, -0.25) is 4.79 Å². The summed E-state index contributed by atoms with van der Waals surface area (Å²) in [5, 5.41) is 0. The molecule has 0 spiro atoms. The molecule has 0 unspecified atom stereocenters. The molecule has 0 aliphatic carbocycles. The average Bonchev–Trinajstić information content (AvgIpc) is 3.12. The summed E-state index contributed by atoms with van der Waals surface area (Å²) in [5.74, 6) is 0.377. The predicted molar refractivity (Wildman–Crippen MR) is 136 cm³/mol. The van der Waals surface area contributed by atoms with Gasteiger partial charge in [0.25, 0.3) is 0 Å². The molecule has 0 N–H and O–H groups in total. The van der Waals surface area contributed by atoms with Crippen LogP contribution in [0.15, 0.2) is 6.07 Å². The first-order valence-electron chi connectivity index (χ1n) is 13.3. The number of thiophene rings is 1. The van der Waals surface area contributed by atoms with Crippen LogP contribution in [0.1, 0.15) is 156 Å². The van der Waals surface area contributed by atoms with E-state index in [9.17, 15) is 4.79 Å². The standard InChI is InChI=1S/C28H50OS/c1-4-6-8-10-12-13-14-15-17-19-21-23-27-25(3)24-28(30-27)26(29)22-20-18-16-11-9-7-5-2/h24H,4-23H2,1-3H3. The quantitative estimate of drug-likeness (QED) is 0.139. The zero-order valence-electron chi connectivity index (χ0n) is 20.5. The number of unbranched alkanes of at least 4 members (excludes halogenated alkanes) is 16. The third-order valence-electron chi connectivity index (χ3n) is 6.31. The van der Waals surface area contributed by atoms with Gasteiger partial charge in [-0.1, -0.05) is 117 Å². The molecule has 1 aromatic rings. The second kappa shape index (κ2) is 19.1. The highest BCUT2D eigenvalue weighted by Gasteiger charge is 2.12. The Balaban J connectivity index is 2.08. The van der Waals surface area contributed by atoms with Gasteiger partial charge < -0.3 is 0 Å². The van der Waals surface area contributed by atoms with E-state index in [1.54, 1.807) is 11.3 Å². The maximum absolute atomic E-state index is 12.5. The molecule has 0 amide bonds. The van der Waals surface area contributed by atoms with Crippen molar-refractivity contribution >= 4 is 17.1 Å². The Kier molecular flexibility index (Phi) is 17.4. The molecule has 0 saturated heterocycles. The number of carbonyl (C=O) groups is 1. The van der Waals surface area contributed by atoms with Crippen LogP contribution < -0.4 is 0 Å². The highest BCUT2D eigenvalue weighted by atomic mass is 32.1. The maximum Gasteiger partial charge on any atom is 0.172 e. The van der Waals surface area contributed by atoms with Gasteiger partial charge in [-0.05, 0) is 37.8 Å². The number of Topliss-reactive ketones (excluding diaryl/α,β-unsaturated/α-hetero) is 1. The Morgan fingerprint density at radius 3 is 1.60 bits per heavy atom. The predicted octanol–water partition coefficient (Wildman–Crippen LogP) is 10.2. The molecular formula is C28H50OS. The molecule has 0 radical (unpaired) electrons. The van der Waals surface area contributed by atoms with E-state index in [2.05, 4.69) is 26.8 Å². The molecule has 30 heavy (non-hydrogen) atoms. The summed E-state index contributed by atoms with van der Waals surface area (Å²) in [6, 6.07) is 2.15. The van der Waals surface area contributed by atoms with E-state index in [1.165, 1.54) is 120 Å². The van der Waals surface area contributed by atoms with E-state index in [-0.39, 0.29) is 0 Å². The largest absolute Gasteiger partial charge is 0.293 e. The van der Waals surface area contributed by atoms with Crippen LogP contribution in [-0.2, 0) is 6.42 Å². The molecule has 0 bridgehead atoms. The van der Waals surface area contributed by atoms with Crippen molar-refractivity contribution in [1.29, 1.82) is 0 Å². The molecule has 1 rings (SSSR count). The molecule has 1 heterocycles. The lowest BCUT2D eigenvalue weighted by Crippen LogP contribution is -1.95. The molecule has 0 fully saturated rings. The first-order chi connectivity index (χ1) is 14.7. The van der Waals surface area contributed by atoms with Crippen LogP contribution in [0.5, 0.6) is 0 Å². The Labute approximate surface area is 192 Å². The third kappa shape index (κ3) is 13.6. The summed E-state index contributed by atoms with van der Waals surface area (Å²) in [7, 11) is 0. The summed E-state index contributed by atoms with van der Waals surface area (Å²) in [6.07, 6.45) is 26.1. The topological polar surface area (TPSA) is 17.1 Å². The fourth-order valence-corrected chi connectivity index (χ4v) is 5.40. The maximum atomic E-state index is 12.5. The van der Waals surface area contributed by atoms with Gasteiger partial charge in [-0.15, -0.1) is 11.3 Å². The molecule has 0 saturated carbocycles.